The van der Waals surface area contributed by atoms with E-state index in [9.17, 15) is 14.4 Å². The van der Waals surface area contributed by atoms with Gasteiger partial charge in [0.1, 0.15) is 0 Å². The second-order valence-corrected chi connectivity index (χ2v) is 10.1. The van der Waals surface area contributed by atoms with Crippen molar-refractivity contribution in [2.24, 2.45) is 0 Å². The number of nitrogens with one attached hydrogen (secondary N) is 1. The summed E-state index contributed by atoms with van der Waals surface area (Å²) in [5.41, 5.74) is 2.98. The van der Waals surface area contributed by atoms with E-state index < -0.39 is 5.91 Å². The minimum atomic E-state index is -0.445. The van der Waals surface area contributed by atoms with Gasteiger partial charge in [-0.25, -0.2) is 0 Å². The van der Waals surface area contributed by atoms with Gasteiger partial charge in [0.15, 0.2) is 11.6 Å². The summed E-state index contributed by atoms with van der Waals surface area (Å²) >= 11 is 13.5. The van der Waals surface area contributed by atoms with Crippen LogP contribution >= 0.6 is 35.0 Å². The van der Waals surface area contributed by atoms with Crippen LogP contribution in [0.5, 0.6) is 0 Å². The zero-order valence-electron chi connectivity index (χ0n) is 18.4. The SMILES string of the molecule is Cc1ccc(Sc2c(C(=O)Nc3cc(Cl)cc(Cl)c3)ccc3c2C(=O)c2ccccc2C3=O)cc1. The first kappa shape index (κ1) is 23.4. The monoisotopic (exact) mass is 517 g/mol. The van der Waals surface area contributed by atoms with E-state index in [1.165, 1.54) is 11.8 Å². The third kappa shape index (κ3) is 4.50. The van der Waals surface area contributed by atoms with Gasteiger partial charge in [-0.3, -0.25) is 14.4 Å². The molecule has 4 aromatic carbocycles. The van der Waals surface area contributed by atoms with Crippen molar-refractivity contribution in [1.82, 2.24) is 0 Å². The van der Waals surface area contributed by atoms with E-state index in [4.69, 9.17) is 23.2 Å². The summed E-state index contributed by atoms with van der Waals surface area (Å²) in [7, 11) is 0. The lowest BCUT2D eigenvalue weighted by Gasteiger charge is -2.22. The number of anilines is 1. The van der Waals surface area contributed by atoms with Crippen molar-refractivity contribution in [3.05, 3.63) is 122 Å². The van der Waals surface area contributed by atoms with Gasteiger partial charge in [-0.1, -0.05) is 76.9 Å². The zero-order chi connectivity index (χ0) is 24.7. The molecule has 0 fully saturated rings. The molecule has 0 unspecified atom stereocenters. The fourth-order valence-corrected chi connectivity index (χ4v) is 5.60. The molecule has 0 saturated heterocycles. The van der Waals surface area contributed by atoms with E-state index >= 15 is 0 Å². The number of hydrogen-bond acceptors (Lipinski definition) is 4. The van der Waals surface area contributed by atoms with Gasteiger partial charge in [0.05, 0.1) is 5.56 Å². The molecule has 0 radical (unpaired) electrons. The standard InChI is InChI=1S/C28H17Cl2NO3S/c1-15-6-8-19(9-7-15)35-27-23(28(34)31-18-13-16(29)12-17(30)14-18)11-10-22-24(27)26(33)21-5-3-2-4-20(21)25(22)32/h2-14H,1H3,(H,31,34). The van der Waals surface area contributed by atoms with Crippen LogP contribution in [-0.2, 0) is 0 Å². The maximum absolute atomic E-state index is 13.6. The fourth-order valence-electron chi connectivity index (χ4n) is 3.99. The van der Waals surface area contributed by atoms with Gasteiger partial charge < -0.3 is 5.32 Å². The van der Waals surface area contributed by atoms with Crippen LogP contribution < -0.4 is 5.32 Å². The summed E-state index contributed by atoms with van der Waals surface area (Å²) in [5.74, 6) is -0.973. The number of halogens is 2. The Morgan fingerprint density at radius 1 is 0.771 bits per heavy atom. The van der Waals surface area contributed by atoms with Crippen molar-refractivity contribution in [2.45, 2.75) is 16.7 Å². The Morgan fingerprint density at radius 3 is 2.06 bits per heavy atom. The third-order valence-corrected chi connectivity index (χ3v) is 7.22. The molecule has 172 valence electrons. The topological polar surface area (TPSA) is 63.2 Å². The van der Waals surface area contributed by atoms with Gasteiger partial charge in [-0.15, -0.1) is 0 Å². The highest BCUT2D eigenvalue weighted by Gasteiger charge is 2.34. The van der Waals surface area contributed by atoms with Crippen molar-refractivity contribution in [3.63, 3.8) is 0 Å². The molecule has 5 rings (SSSR count). The number of rotatable bonds is 4. The minimum Gasteiger partial charge on any atom is -0.322 e. The van der Waals surface area contributed by atoms with Crippen molar-refractivity contribution in [3.8, 4) is 0 Å². The fraction of sp³-hybridized carbons (Fsp3) is 0.0357. The number of amides is 1. The molecular weight excluding hydrogens is 501 g/mol. The van der Waals surface area contributed by atoms with Crippen LogP contribution in [0, 0.1) is 6.92 Å². The Kier molecular flexibility index (Phi) is 6.24. The molecule has 35 heavy (non-hydrogen) atoms. The normalized spacial score (nSPS) is 12.2. The molecule has 0 aromatic heterocycles. The van der Waals surface area contributed by atoms with Gasteiger partial charge >= 0.3 is 0 Å². The molecule has 0 aliphatic heterocycles. The van der Waals surface area contributed by atoms with E-state index in [2.05, 4.69) is 5.32 Å². The van der Waals surface area contributed by atoms with Gasteiger partial charge in [-0.05, 0) is 49.4 Å². The number of fused-ring (bicyclic) bond motifs is 2. The molecule has 4 nitrogen and oxygen atoms in total. The second-order valence-electron chi connectivity index (χ2n) is 8.10. The molecule has 0 heterocycles. The smallest absolute Gasteiger partial charge is 0.256 e. The predicted octanol–water partition coefficient (Wildman–Crippen LogP) is 7.48. The lowest BCUT2D eigenvalue weighted by Crippen LogP contribution is -2.24. The molecule has 0 spiro atoms. The minimum absolute atomic E-state index is 0.232. The quantitative estimate of drug-likeness (QED) is 0.268. The first-order valence-corrected chi connectivity index (χ1v) is 12.3. The molecule has 1 amide bonds. The summed E-state index contributed by atoms with van der Waals surface area (Å²) in [6, 6.07) is 22.3. The van der Waals surface area contributed by atoms with Crippen LogP contribution in [0.1, 0.15) is 47.8 Å². The predicted molar refractivity (Wildman–Crippen MR) is 139 cm³/mol. The Morgan fingerprint density at radius 2 is 1.40 bits per heavy atom. The average molecular weight is 518 g/mol. The highest BCUT2D eigenvalue weighted by Crippen LogP contribution is 2.40. The van der Waals surface area contributed by atoms with Crippen molar-refractivity contribution in [2.75, 3.05) is 5.32 Å². The van der Waals surface area contributed by atoms with Crippen LogP contribution in [0.15, 0.2) is 88.7 Å². The number of carbonyl (C=O) groups is 3. The summed E-state index contributed by atoms with van der Waals surface area (Å²) in [6.07, 6.45) is 0. The van der Waals surface area contributed by atoms with Gasteiger partial charge in [0.2, 0.25) is 0 Å². The Bertz CT molecular complexity index is 1510. The maximum Gasteiger partial charge on any atom is 0.256 e. The Balaban J connectivity index is 1.65. The van der Waals surface area contributed by atoms with E-state index in [-0.39, 0.29) is 28.3 Å². The molecule has 1 aliphatic carbocycles. The summed E-state index contributed by atoms with van der Waals surface area (Å²) in [4.78, 5) is 41.5. The number of carbonyl (C=O) groups excluding carboxylic acids is 3. The number of ketones is 2. The van der Waals surface area contributed by atoms with Crippen molar-refractivity contribution < 1.29 is 14.4 Å². The molecule has 1 N–H and O–H groups in total. The summed E-state index contributed by atoms with van der Waals surface area (Å²) < 4.78 is 0. The van der Waals surface area contributed by atoms with E-state index in [1.54, 1.807) is 54.6 Å². The molecule has 0 saturated carbocycles. The lowest BCUT2D eigenvalue weighted by molar-refractivity contribution is 0.0975. The Hall–Kier alpha value is -3.38. The van der Waals surface area contributed by atoms with Crippen LogP contribution in [-0.4, -0.2) is 17.5 Å². The lowest BCUT2D eigenvalue weighted by atomic mass is 9.83. The van der Waals surface area contributed by atoms with Crippen LogP contribution in [0.3, 0.4) is 0 Å². The van der Waals surface area contributed by atoms with Crippen LogP contribution in [0.2, 0.25) is 10.0 Å². The summed E-state index contributed by atoms with van der Waals surface area (Å²) in [6.45, 7) is 1.98. The molecule has 7 heteroatoms. The van der Waals surface area contributed by atoms with Gasteiger partial charge in [-0.2, -0.15) is 0 Å². The molecule has 1 aliphatic rings. The largest absolute Gasteiger partial charge is 0.322 e. The van der Waals surface area contributed by atoms with E-state index in [0.717, 1.165) is 10.5 Å². The maximum atomic E-state index is 13.6. The number of aryl methyl sites for hydroxylation is 1. The van der Waals surface area contributed by atoms with Crippen molar-refractivity contribution >= 4 is 58.1 Å². The second kappa shape index (κ2) is 9.34. The number of hydrogen-bond donors (Lipinski definition) is 1. The van der Waals surface area contributed by atoms with Crippen molar-refractivity contribution in [1.29, 1.82) is 0 Å². The highest BCUT2D eigenvalue weighted by molar-refractivity contribution is 7.99. The number of benzene rings is 4. The molecule has 0 bridgehead atoms. The molecule has 4 aromatic rings. The van der Waals surface area contributed by atoms with E-state index in [0.29, 0.717) is 31.8 Å². The Labute approximate surface area is 216 Å². The molecular formula is C28H17Cl2NO3S. The third-order valence-electron chi connectivity index (χ3n) is 5.65. The van der Waals surface area contributed by atoms with Gasteiger partial charge in [0, 0.05) is 47.8 Å². The molecule has 0 atom stereocenters. The first-order chi connectivity index (χ1) is 16.8. The summed E-state index contributed by atoms with van der Waals surface area (Å²) in [5, 5.41) is 3.57. The zero-order valence-corrected chi connectivity index (χ0v) is 20.7. The first-order valence-electron chi connectivity index (χ1n) is 10.7. The van der Waals surface area contributed by atoms with Crippen LogP contribution in [0.25, 0.3) is 0 Å². The van der Waals surface area contributed by atoms with Crippen LogP contribution in [0.4, 0.5) is 5.69 Å². The highest BCUT2D eigenvalue weighted by atomic mass is 35.5. The van der Waals surface area contributed by atoms with E-state index in [1.807, 2.05) is 31.2 Å². The average Bonchev–Trinajstić information content (AvgIpc) is 2.83. The van der Waals surface area contributed by atoms with Gasteiger partial charge in [0.25, 0.3) is 5.91 Å².